The van der Waals surface area contributed by atoms with E-state index < -0.39 is 26.6 Å². The first-order valence-corrected chi connectivity index (χ1v) is 9.73. The van der Waals surface area contributed by atoms with Gasteiger partial charge in [0, 0.05) is 26.2 Å². The first-order valence-electron chi connectivity index (χ1n) is 7.88. The number of thiocarbonyl (C=S) groups is 1. The van der Waals surface area contributed by atoms with Crippen LogP contribution in [-0.4, -0.2) is 48.9 Å². The maximum absolute atomic E-state index is 13.8. The number of nitrogens with zero attached hydrogens (tertiary/aromatic N) is 2. The monoisotopic (exact) mass is 401 g/mol. The van der Waals surface area contributed by atoms with Gasteiger partial charge in [0.15, 0.2) is 5.11 Å². The van der Waals surface area contributed by atoms with E-state index in [-0.39, 0.29) is 13.1 Å². The molecule has 1 saturated heterocycles. The fraction of sp³-hybridized carbons (Fsp3) is 0.312. The fourth-order valence-electron chi connectivity index (χ4n) is 2.63. The van der Waals surface area contributed by atoms with Crippen molar-refractivity contribution in [1.29, 1.82) is 0 Å². The van der Waals surface area contributed by atoms with Crippen molar-refractivity contribution in [3.63, 3.8) is 0 Å². The number of nitrogens with one attached hydrogen (secondary N) is 1. The molecular formula is C16H17F2N3O3S2. The lowest BCUT2D eigenvalue weighted by Crippen LogP contribution is -2.52. The van der Waals surface area contributed by atoms with Crippen LogP contribution in [0.5, 0.6) is 0 Å². The molecular weight excluding hydrogens is 384 g/mol. The summed E-state index contributed by atoms with van der Waals surface area (Å²) in [5.41, 5.74) is 0. The summed E-state index contributed by atoms with van der Waals surface area (Å²) in [6, 6.07) is 5.98. The SMILES string of the molecule is O=S(=O)(c1cc(F)ccc1F)N1CCN(C(=S)NCc2ccco2)CC1. The van der Waals surface area contributed by atoms with Crippen LogP contribution in [0.25, 0.3) is 0 Å². The predicted molar refractivity (Wildman–Crippen MR) is 94.8 cm³/mol. The van der Waals surface area contributed by atoms with Crippen molar-refractivity contribution in [2.75, 3.05) is 26.2 Å². The van der Waals surface area contributed by atoms with Gasteiger partial charge in [0.1, 0.15) is 22.3 Å². The molecule has 10 heteroatoms. The van der Waals surface area contributed by atoms with Gasteiger partial charge in [-0.2, -0.15) is 4.31 Å². The van der Waals surface area contributed by atoms with E-state index in [1.807, 2.05) is 11.0 Å². The molecule has 1 aliphatic heterocycles. The number of piperazine rings is 1. The molecule has 1 aromatic carbocycles. The van der Waals surface area contributed by atoms with Gasteiger partial charge in [-0.15, -0.1) is 0 Å². The van der Waals surface area contributed by atoms with Gasteiger partial charge in [0.2, 0.25) is 10.0 Å². The fourth-order valence-corrected chi connectivity index (χ4v) is 4.39. The second-order valence-electron chi connectivity index (χ2n) is 5.70. The van der Waals surface area contributed by atoms with Crippen LogP contribution in [0.2, 0.25) is 0 Å². The molecule has 1 fully saturated rings. The summed E-state index contributed by atoms with van der Waals surface area (Å²) in [7, 11) is -4.10. The van der Waals surface area contributed by atoms with E-state index in [4.69, 9.17) is 16.6 Å². The Labute approximate surface area is 155 Å². The average molecular weight is 401 g/mol. The molecule has 0 unspecified atom stereocenters. The maximum atomic E-state index is 13.8. The lowest BCUT2D eigenvalue weighted by atomic mass is 10.3. The normalized spacial score (nSPS) is 15.8. The lowest BCUT2D eigenvalue weighted by molar-refractivity contribution is 0.262. The Hall–Kier alpha value is -2.04. The van der Waals surface area contributed by atoms with E-state index in [9.17, 15) is 17.2 Å². The summed E-state index contributed by atoms with van der Waals surface area (Å²) in [5, 5.41) is 3.52. The number of hydrogen-bond donors (Lipinski definition) is 1. The zero-order valence-electron chi connectivity index (χ0n) is 13.7. The Morgan fingerprint density at radius 3 is 2.58 bits per heavy atom. The van der Waals surface area contributed by atoms with Gasteiger partial charge < -0.3 is 14.6 Å². The number of benzene rings is 1. The Morgan fingerprint density at radius 1 is 1.19 bits per heavy atom. The summed E-state index contributed by atoms with van der Waals surface area (Å²) < 4.78 is 58.6. The van der Waals surface area contributed by atoms with Crippen molar-refractivity contribution in [1.82, 2.24) is 14.5 Å². The summed E-state index contributed by atoms with van der Waals surface area (Å²) in [6.45, 7) is 1.38. The van der Waals surface area contributed by atoms with Crippen molar-refractivity contribution >= 4 is 27.4 Å². The molecule has 0 spiro atoms. The van der Waals surface area contributed by atoms with Crippen molar-refractivity contribution in [3.8, 4) is 0 Å². The number of sulfonamides is 1. The van der Waals surface area contributed by atoms with Crippen LogP contribution in [0, 0.1) is 11.6 Å². The van der Waals surface area contributed by atoms with E-state index in [1.54, 1.807) is 12.3 Å². The van der Waals surface area contributed by atoms with E-state index in [2.05, 4.69) is 5.32 Å². The topological polar surface area (TPSA) is 65.8 Å². The minimum Gasteiger partial charge on any atom is -0.467 e. The van der Waals surface area contributed by atoms with Crippen molar-refractivity contribution in [3.05, 3.63) is 54.0 Å². The molecule has 1 aliphatic rings. The largest absolute Gasteiger partial charge is 0.467 e. The molecule has 0 bridgehead atoms. The summed E-state index contributed by atoms with van der Waals surface area (Å²) in [6.07, 6.45) is 1.56. The zero-order chi connectivity index (χ0) is 18.7. The van der Waals surface area contributed by atoms with Crippen LogP contribution < -0.4 is 5.32 Å². The number of furan rings is 1. The highest BCUT2D eigenvalue weighted by atomic mass is 32.2. The van der Waals surface area contributed by atoms with Gasteiger partial charge in [-0.1, -0.05) is 0 Å². The van der Waals surface area contributed by atoms with E-state index in [0.717, 1.165) is 22.2 Å². The van der Waals surface area contributed by atoms with Gasteiger partial charge >= 0.3 is 0 Å². The molecule has 3 rings (SSSR count). The summed E-state index contributed by atoms with van der Waals surface area (Å²) in [4.78, 5) is 1.18. The number of halogens is 2. The molecule has 140 valence electrons. The number of rotatable bonds is 4. The molecule has 0 radical (unpaired) electrons. The lowest BCUT2D eigenvalue weighted by Gasteiger charge is -2.35. The maximum Gasteiger partial charge on any atom is 0.246 e. The van der Waals surface area contributed by atoms with Crippen LogP contribution >= 0.6 is 12.2 Å². The van der Waals surface area contributed by atoms with Crippen molar-refractivity contribution < 1.29 is 21.6 Å². The highest BCUT2D eigenvalue weighted by Gasteiger charge is 2.31. The van der Waals surface area contributed by atoms with Gasteiger partial charge in [-0.05, 0) is 42.5 Å². The molecule has 6 nitrogen and oxygen atoms in total. The van der Waals surface area contributed by atoms with Gasteiger partial charge in [0.25, 0.3) is 0 Å². The first-order chi connectivity index (χ1) is 12.4. The molecule has 2 aromatic rings. The van der Waals surface area contributed by atoms with Gasteiger partial charge in [0.05, 0.1) is 12.8 Å². The molecule has 0 amide bonds. The minimum atomic E-state index is -4.10. The van der Waals surface area contributed by atoms with Gasteiger partial charge in [-0.25, -0.2) is 17.2 Å². The zero-order valence-corrected chi connectivity index (χ0v) is 15.3. The van der Waals surface area contributed by atoms with Crippen LogP contribution in [0.3, 0.4) is 0 Å². The third-order valence-corrected chi connectivity index (χ3v) is 6.35. The van der Waals surface area contributed by atoms with E-state index in [0.29, 0.717) is 30.8 Å². The molecule has 0 aliphatic carbocycles. The molecule has 2 heterocycles. The Kier molecular flexibility index (Phi) is 5.54. The molecule has 1 aromatic heterocycles. The van der Waals surface area contributed by atoms with Crippen molar-refractivity contribution in [2.24, 2.45) is 0 Å². The molecule has 26 heavy (non-hydrogen) atoms. The average Bonchev–Trinajstić information content (AvgIpc) is 3.15. The second-order valence-corrected chi connectivity index (χ2v) is 8.00. The highest BCUT2D eigenvalue weighted by Crippen LogP contribution is 2.21. The molecule has 0 atom stereocenters. The Morgan fingerprint density at radius 2 is 1.92 bits per heavy atom. The molecule has 1 N–H and O–H groups in total. The van der Waals surface area contributed by atoms with Crippen LogP contribution in [-0.2, 0) is 16.6 Å². The predicted octanol–water partition coefficient (Wildman–Crippen LogP) is 1.94. The van der Waals surface area contributed by atoms with Crippen LogP contribution in [0.15, 0.2) is 45.9 Å². The van der Waals surface area contributed by atoms with Crippen LogP contribution in [0.4, 0.5) is 8.78 Å². The van der Waals surface area contributed by atoms with Gasteiger partial charge in [-0.3, -0.25) is 0 Å². The highest BCUT2D eigenvalue weighted by molar-refractivity contribution is 7.89. The minimum absolute atomic E-state index is 0.126. The second kappa shape index (κ2) is 7.68. The standard InChI is InChI=1S/C16H17F2N3O3S2/c17-12-3-4-14(18)15(10-12)26(22,23)21-7-5-20(6-8-21)16(25)19-11-13-2-1-9-24-13/h1-4,9-10H,5-8,11H2,(H,19,25). The smallest absolute Gasteiger partial charge is 0.246 e. The quantitative estimate of drug-likeness (QED) is 0.790. The van der Waals surface area contributed by atoms with Crippen LogP contribution in [0.1, 0.15) is 5.76 Å². The first kappa shape index (κ1) is 18.7. The number of hydrogen-bond acceptors (Lipinski definition) is 4. The third kappa shape index (κ3) is 4.02. The Balaban J connectivity index is 1.60. The van der Waals surface area contributed by atoms with E-state index in [1.165, 1.54) is 0 Å². The summed E-state index contributed by atoms with van der Waals surface area (Å²) in [5.74, 6) is -1.04. The Bertz CT molecular complexity index is 880. The molecule has 0 saturated carbocycles. The summed E-state index contributed by atoms with van der Waals surface area (Å²) >= 11 is 5.31. The van der Waals surface area contributed by atoms with E-state index >= 15 is 0 Å². The van der Waals surface area contributed by atoms with Crippen molar-refractivity contribution in [2.45, 2.75) is 11.4 Å². The third-order valence-electron chi connectivity index (χ3n) is 4.03.